The van der Waals surface area contributed by atoms with Crippen molar-refractivity contribution in [1.82, 2.24) is 0 Å². The van der Waals surface area contributed by atoms with Crippen molar-refractivity contribution in [2.45, 2.75) is 0 Å². The van der Waals surface area contributed by atoms with Gasteiger partial charge in [0.2, 0.25) is 0 Å². The first-order chi connectivity index (χ1) is 3.83. The summed E-state index contributed by atoms with van der Waals surface area (Å²) in [4.78, 5) is 6.99. The summed E-state index contributed by atoms with van der Waals surface area (Å²) < 4.78 is 16.6. The Bertz CT molecular complexity index is 43.8. The van der Waals surface area contributed by atoms with E-state index in [9.17, 15) is 0 Å². The third-order valence-electron chi connectivity index (χ3n) is 0. The van der Waals surface area contributed by atoms with Crippen LogP contribution in [0.2, 0.25) is 0 Å². The van der Waals surface area contributed by atoms with Crippen LogP contribution >= 0.6 is 8.69 Å². The predicted molar refractivity (Wildman–Crippen MR) is 26.1 cm³/mol. The maximum atomic E-state index is 8.46. The zero-order valence-electron chi connectivity index (χ0n) is 4.15. The minimum atomic E-state index is -0.833. The number of hydrogen-bond donors (Lipinski definition) is 1. The van der Waals surface area contributed by atoms with Gasteiger partial charge in [0.1, 0.15) is 0 Å². The Labute approximate surface area is 59.3 Å². The number of allylic oxidation sites excluding steroid dienone is 1. The summed E-state index contributed by atoms with van der Waals surface area (Å²) in [7, 11) is -0.833. The van der Waals surface area contributed by atoms with E-state index >= 15 is 0 Å². The van der Waals surface area contributed by atoms with Crippen molar-refractivity contribution >= 4 is 8.69 Å². The Balaban J connectivity index is -0.0000000483. The molecule has 0 saturated heterocycles. The average Bonchev–Trinajstić information content (AvgIpc) is 1.75. The first-order valence-electron chi connectivity index (χ1n) is 1.38. The monoisotopic (exact) mass is 172 g/mol. The first-order valence-corrected chi connectivity index (χ1v) is 2.72. The van der Waals surface area contributed by atoms with Gasteiger partial charge in [-0.25, -0.2) is 24.1 Å². The molecule has 1 N–H and O–H groups in total. The predicted octanol–water partition coefficient (Wildman–Crippen LogP) is 1.07. The molecule has 0 amide bonds. The average molecular weight is 172 g/mol. The van der Waals surface area contributed by atoms with Crippen LogP contribution in [0.5, 0.6) is 0 Å². The molecule has 3 nitrogen and oxygen atoms in total. The zero-order chi connectivity index (χ0) is 7.41. The van der Waals surface area contributed by atoms with Gasteiger partial charge in [-0.1, -0.05) is 0 Å². The quantitative estimate of drug-likeness (QED) is 0.439. The van der Waals surface area contributed by atoms with Crippen molar-refractivity contribution in [2.75, 3.05) is 0 Å². The van der Waals surface area contributed by atoms with Gasteiger partial charge < -0.3 is 4.89 Å². The van der Waals surface area contributed by atoms with E-state index in [4.69, 9.17) is 13.1 Å². The van der Waals surface area contributed by atoms with Crippen molar-refractivity contribution in [1.29, 1.82) is 0 Å². The van der Waals surface area contributed by atoms with Gasteiger partial charge in [-0.15, -0.1) is 0 Å². The maximum absolute atomic E-state index is 8.46. The van der Waals surface area contributed by atoms with E-state index in [0.29, 0.717) is 0 Å². The van der Waals surface area contributed by atoms with E-state index in [0.717, 1.165) is 17.4 Å². The van der Waals surface area contributed by atoms with Crippen LogP contribution < -0.4 is 0 Å². The van der Waals surface area contributed by atoms with Crippen molar-refractivity contribution in [2.24, 2.45) is 0 Å². The van der Waals surface area contributed by atoms with Crippen molar-refractivity contribution < 1.29 is 30.5 Å². The van der Waals surface area contributed by atoms with E-state index in [1.165, 1.54) is 6.08 Å². The molecule has 0 aliphatic carbocycles. The van der Waals surface area contributed by atoms with E-state index in [2.05, 4.69) is 13.5 Å². The van der Waals surface area contributed by atoms with Gasteiger partial charge in [-0.2, -0.15) is 0 Å². The molecule has 0 unspecified atom stereocenters. The summed E-state index contributed by atoms with van der Waals surface area (Å²) in [6.45, 7) is 6.50. The molecule has 5 heteroatoms. The summed E-state index contributed by atoms with van der Waals surface area (Å²) in [6.07, 6.45) is 1.50. The summed E-state index contributed by atoms with van der Waals surface area (Å²) in [5, 5.41) is 0. The van der Waals surface area contributed by atoms with Crippen LogP contribution in [0.4, 0.5) is 0 Å². The molecule has 8 heavy (non-hydrogen) atoms. The molecule has 0 radical (unpaired) electrons. The van der Waals surface area contributed by atoms with E-state index in [1.807, 2.05) is 0 Å². The van der Waals surface area contributed by atoms with Crippen molar-refractivity contribution in [3.05, 3.63) is 19.6 Å². The molecule has 0 aromatic rings. The normalized spacial score (nSPS) is 4.88. The Morgan fingerprint density at radius 3 is 1.75 bits per heavy atom. The second-order valence-electron chi connectivity index (χ2n) is 0.370. The Morgan fingerprint density at radius 1 is 1.75 bits per heavy atom. The SMILES string of the molecule is C=C[CH2-].O=PO.[O]=[V+2]. The molecule has 0 bridgehead atoms. The van der Waals surface area contributed by atoms with Crippen LogP contribution in [0.3, 0.4) is 0 Å². The summed E-state index contributed by atoms with van der Waals surface area (Å²) >= 11 is 1.06. The van der Waals surface area contributed by atoms with Gasteiger partial charge in [0, 0.05) is 0 Å². The molecule has 45 valence electrons. The summed E-state index contributed by atoms with van der Waals surface area (Å²) in [5.74, 6) is 0. The fraction of sp³-hybridized carbons (Fsp3) is 0. The fourth-order valence-electron chi connectivity index (χ4n) is 0. The van der Waals surface area contributed by atoms with Gasteiger partial charge in [0.25, 0.3) is 0 Å². The second-order valence-corrected chi connectivity index (χ2v) is 0.534. The third kappa shape index (κ3) is 52200. The molecule has 0 aromatic carbocycles. The van der Waals surface area contributed by atoms with Crippen LogP contribution in [0.25, 0.3) is 0 Å². The van der Waals surface area contributed by atoms with E-state index in [1.54, 1.807) is 0 Å². The second kappa shape index (κ2) is 61.3. The van der Waals surface area contributed by atoms with Crippen LogP contribution in [0.15, 0.2) is 12.7 Å². The molecular formula is C3H6O3PV+. The Morgan fingerprint density at radius 2 is 1.75 bits per heavy atom. The minimum absolute atomic E-state index is 0.833. The molecule has 0 heterocycles. The van der Waals surface area contributed by atoms with Gasteiger partial charge in [0.05, 0.1) is 0 Å². The van der Waals surface area contributed by atoms with E-state index in [-0.39, 0.29) is 0 Å². The number of hydrogen-bond acceptors (Lipinski definition) is 2. The summed E-state index contributed by atoms with van der Waals surface area (Å²) in [6, 6.07) is 0. The van der Waals surface area contributed by atoms with Crippen molar-refractivity contribution in [3.63, 3.8) is 0 Å². The van der Waals surface area contributed by atoms with Crippen LogP contribution in [-0.2, 0) is 25.6 Å². The zero-order valence-corrected chi connectivity index (χ0v) is 6.44. The van der Waals surface area contributed by atoms with Gasteiger partial charge in [-0.05, 0) is 0 Å². The van der Waals surface area contributed by atoms with Gasteiger partial charge in [-0.3, -0.25) is 0 Å². The van der Waals surface area contributed by atoms with Gasteiger partial charge in [0.15, 0.2) is 0 Å². The Hall–Kier alpha value is 0.0544. The first kappa shape index (κ1) is 15.7. The summed E-state index contributed by atoms with van der Waals surface area (Å²) in [5.41, 5.74) is 0. The van der Waals surface area contributed by atoms with Crippen molar-refractivity contribution in [3.8, 4) is 0 Å². The molecule has 0 spiro atoms. The molecule has 0 aliphatic heterocycles. The van der Waals surface area contributed by atoms with Crippen LogP contribution in [0, 0.1) is 6.92 Å². The molecular weight excluding hydrogens is 166 g/mol. The molecule has 0 fully saturated rings. The Kier molecular flexibility index (Phi) is 120. The third-order valence-corrected chi connectivity index (χ3v) is 0. The van der Waals surface area contributed by atoms with Crippen LogP contribution in [-0.4, -0.2) is 4.89 Å². The molecule has 0 saturated carbocycles. The molecule has 0 rings (SSSR count). The van der Waals surface area contributed by atoms with E-state index < -0.39 is 8.69 Å². The van der Waals surface area contributed by atoms with Crippen LogP contribution in [0.1, 0.15) is 0 Å². The molecule has 0 aromatic heterocycles. The fourth-order valence-corrected chi connectivity index (χ4v) is 0. The van der Waals surface area contributed by atoms with Gasteiger partial charge >= 0.3 is 29.7 Å². The standard InChI is InChI=1S/C3H5.HO2P.O.V/c2*1-3-2;;/h3H,1-2H2;(H,1,2);;/q-1;;;+2. The molecule has 0 atom stereocenters. The molecule has 0 aliphatic rings. The topological polar surface area (TPSA) is 54.4 Å². The number of rotatable bonds is 0.